The average molecular weight is 367 g/mol. The fourth-order valence-electron chi connectivity index (χ4n) is 4.52. The molecule has 0 fully saturated rings. The summed E-state index contributed by atoms with van der Waals surface area (Å²) in [4.78, 5) is 5.24. The van der Waals surface area contributed by atoms with Gasteiger partial charge in [-0.1, -0.05) is 103 Å². The number of aromatic nitrogens is 1. The predicted molar refractivity (Wildman–Crippen MR) is 128 cm³/mol. The lowest BCUT2D eigenvalue weighted by Gasteiger charge is -2.15. The smallest absolute Gasteiger partial charge is 0.139 e. The molecule has 0 bridgehead atoms. The fraction of sp³-hybridized carbons (Fsp3) is 0. The van der Waals surface area contributed by atoms with Gasteiger partial charge in [0.2, 0.25) is 0 Å². The van der Waals surface area contributed by atoms with Crippen LogP contribution in [-0.4, -0.2) is 12.8 Å². The number of pyridine rings is 1. The SMILES string of the molecule is Bc1cccc(-c2c3ccc4ccccc4c3nc3c2ccc2ccccc23)c1. The van der Waals surface area contributed by atoms with Gasteiger partial charge in [-0.25, -0.2) is 4.98 Å². The molecule has 1 aromatic heterocycles. The summed E-state index contributed by atoms with van der Waals surface area (Å²) >= 11 is 0. The molecule has 0 saturated heterocycles. The van der Waals surface area contributed by atoms with Gasteiger partial charge in [0, 0.05) is 27.1 Å². The highest BCUT2D eigenvalue weighted by atomic mass is 14.7. The van der Waals surface area contributed by atoms with E-state index in [0.717, 1.165) is 11.0 Å². The molecule has 1 heterocycles. The number of fused-ring (bicyclic) bond motifs is 6. The van der Waals surface area contributed by atoms with Crippen LogP contribution in [0.1, 0.15) is 0 Å². The lowest BCUT2D eigenvalue weighted by Crippen LogP contribution is -2.01. The largest absolute Gasteiger partial charge is 0.246 e. The predicted octanol–water partition coefficient (Wildman–Crippen LogP) is 5.62. The summed E-state index contributed by atoms with van der Waals surface area (Å²) in [6.07, 6.45) is 0. The Labute approximate surface area is 170 Å². The molecule has 0 atom stereocenters. The third-order valence-electron chi connectivity index (χ3n) is 5.87. The summed E-state index contributed by atoms with van der Waals surface area (Å²) in [6.45, 7) is 0. The number of hydrogen-bond donors (Lipinski definition) is 0. The minimum Gasteiger partial charge on any atom is -0.246 e. The first-order chi connectivity index (χ1) is 14.3. The van der Waals surface area contributed by atoms with E-state index in [2.05, 4.69) is 105 Å². The first-order valence-electron chi connectivity index (χ1n) is 9.99. The molecule has 0 unspecified atom stereocenters. The van der Waals surface area contributed by atoms with E-state index in [4.69, 9.17) is 4.98 Å². The molecule has 0 aliphatic carbocycles. The van der Waals surface area contributed by atoms with Crippen LogP contribution in [-0.2, 0) is 0 Å². The molecule has 0 saturated carbocycles. The maximum atomic E-state index is 5.24. The van der Waals surface area contributed by atoms with Crippen LogP contribution in [0.3, 0.4) is 0 Å². The maximum absolute atomic E-state index is 5.24. The number of benzene rings is 5. The van der Waals surface area contributed by atoms with Crippen molar-refractivity contribution in [1.82, 2.24) is 4.98 Å². The Bertz CT molecular complexity index is 1470. The molecule has 0 radical (unpaired) electrons. The summed E-state index contributed by atoms with van der Waals surface area (Å²) in [6, 6.07) is 34.7. The van der Waals surface area contributed by atoms with Crippen molar-refractivity contribution in [2.75, 3.05) is 0 Å². The van der Waals surface area contributed by atoms with E-state index in [-0.39, 0.29) is 0 Å². The molecule has 1 nitrogen and oxygen atoms in total. The van der Waals surface area contributed by atoms with Crippen LogP contribution in [0.25, 0.3) is 54.5 Å². The Morgan fingerprint density at radius 3 is 1.69 bits per heavy atom. The Morgan fingerprint density at radius 2 is 1.10 bits per heavy atom. The molecule has 0 N–H and O–H groups in total. The molecular formula is C27H18BN. The van der Waals surface area contributed by atoms with E-state index < -0.39 is 0 Å². The minimum absolute atomic E-state index is 1.07. The van der Waals surface area contributed by atoms with Crippen LogP contribution in [0, 0.1) is 0 Å². The van der Waals surface area contributed by atoms with E-state index in [0.29, 0.717) is 0 Å². The second kappa shape index (κ2) is 6.18. The van der Waals surface area contributed by atoms with Crippen LogP contribution in [0.15, 0.2) is 97.1 Å². The normalized spacial score (nSPS) is 11.6. The molecule has 6 aromatic rings. The summed E-state index contributed by atoms with van der Waals surface area (Å²) in [5.41, 5.74) is 5.92. The Balaban J connectivity index is 1.91. The molecular weight excluding hydrogens is 349 g/mol. The minimum atomic E-state index is 1.07. The van der Waals surface area contributed by atoms with Crippen LogP contribution in [0.4, 0.5) is 0 Å². The van der Waals surface area contributed by atoms with Crippen molar-refractivity contribution in [3.8, 4) is 11.1 Å². The average Bonchev–Trinajstić information content (AvgIpc) is 2.77. The van der Waals surface area contributed by atoms with Gasteiger partial charge in [0.25, 0.3) is 0 Å². The Kier molecular flexibility index (Phi) is 3.48. The highest BCUT2D eigenvalue weighted by molar-refractivity contribution is 6.33. The van der Waals surface area contributed by atoms with Crippen molar-refractivity contribution in [3.63, 3.8) is 0 Å². The van der Waals surface area contributed by atoms with E-state index in [1.807, 2.05) is 0 Å². The van der Waals surface area contributed by atoms with Crippen molar-refractivity contribution in [3.05, 3.63) is 97.1 Å². The van der Waals surface area contributed by atoms with Gasteiger partial charge in [-0.2, -0.15) is 0 Å². The molecule has 0 aliphatic rings. The topological polar surface area (TPSA) is 12.9 Å². The van der Waals surface area contributed by atoms with Gasteiger partial charge in [-0.05, 0) is 16.3 Å². The maximum Gasteiger partial charge on any atom is 0.139 e. The van der Waals surface area contributed by atoms with E-state index in [9.17, 15) is 0 Å². The van der Waals surface area contributed by atoms with Gasteiger partial charge >= 0.3 is 0 Å². The first-order valence-corrected chi connectivity index (χ1v) is 9.99. The summed E-state index contributed by atoms with van der Waals surface area (Å²) in [5.74, 6) is 0. The Hall–Kier alpha value is -3.65. The first kappa shape index (κ1) is 16.3. The number of hydrogen-bond acceptors (Lipinski definition) is 1. The third-order valence-corrected chi connectivity index (χ3v) is 5.87. The molecule has 134 valence electrons. The highest BCUT2D eigenvalue weighted by Crippen LogP contribution is 2.39. The molecule has 5 aromatic carbocycles. The van der Waals surface area contributed by atoms with Crippen molar-refractivity contribution >= 4 is 56.7 Å². The van der Waals surface area contributed by atoms with Crippen molar-refractivity contribution < 1.29 is 0 Å². The third kappa shape index (κ3) is 2.46. The van der Waals surface area contributed by atoms with Crippen molar-refractivity contribution in [2.45, 2.75) is 0 Å². The van der Waals surface area contributed by atoms with Gasteiger partial charge in [0.05, 0.1) is 11.0 Å². The highest BCUT2D eigenvalue weighted by Gasteiger charge is 2.15. The molecule has 0 spiro atoms. The van der Waals surface area contributed by atoms with E-state index in [1.165, 1.54) is 48.9 Å². The zero-order chi connectivity index (χ0) is 19.4. The lowest BCUT2D eigenvalue weighted by atomic mass is 9.88. The lowest BCUT2D eigenvalue weighted by molar-refractivity contribution is 1.53. The molecule has 29 heavy (non-hydrogen) atoms. The summed E-state index contributed by atoms with van der Waals surface area (Å²) in [7, 11) is 2.15. The fourth-order valence-corrected chi connectivity index (χ4v) is 4.52. The second-order valence-corrected chi connectivity index (χ2v) is 7.72. The molecule has 0 aliphatic heterocycles. The van der Waals surface area contributed by atoms with Gasteiger partial charge in [0.15, 0.2) is 0 Å². The van der Waals surface area contributed by atoms with Crippen molar-refractivity contribution in [2.24, 2.45) is 0 Å². The summed E-state index contributed by atoms with van der Waals surface area (Å²) < 4.78 is 0. The van der Waals surface area contributed by atoms with Gasteiger partial charge < -0.3 is 0 Å². The molecule has 0 amide bonds. The van der Waals surface area contributed by atoms with Crippen LogP contribution >= 0.6 is 0 Å². The van der Waals surface area contributed by atoms with E-state index >= 15 is 0 Å². The molecule has 6 rings (SSSR count). The van der Waals surface area contributed by atoms with Crippen LogP contribution < -0.4 is 5.46 Å². The number of rotatable bonds is 1. The van der Waals surface area contributed by atoms with Gasteiger partial charge in [0.1, 0.15) is 7.85 Å². The monoisotopic (exact) mass is 367 g/mol. The van der Waals surface area contributed by atoms with Crippen LogP contribution in [0.5, 0.6) is 0 Å². The van der Waals surface area contributed by atoms with Crippen LogP contribution in [0.2, 0.25) is 0 Å². The van der Waals surface area contributed by atoms with E-state index in [1.54, 1.807) is 0 Å². The standard InChI is InChI=1S/C27H18BN/c28-20-9-5-8-19(16-20)25-23-14-12-17-6-1-3-10-21(17)26(23)29-27-22-11-4-2-7-18(22)13-15-24(25)27/h1-16H,28H2. The zero-order valence-electron chi connectivity index (χ0n) is 16.2. The number of nitrogens with zero attached hydrogens (tertiary/aromatic N) is 1. The molecule has 2 heteroatoms. The van der Waals surface area contributed by atoms with Gasteiger partial charge in [-0.15, -0.1) is 0 Å². The van der Waals surface area contributed by atoms with Gasteiger partial charge in [-0.3, -0.25) is 0 Å². The Morgan fingerprint density at radius 1 is 0.517 bits per heavy atom. The van der Waals surface area contributed by atoms with Crippen molar-refractivity contribution in [1.29, 1.82) is 0 Å². The quantitative estimate of drug-likeness (QED) is 0.209. The summed E-state index contributed by atoms with van der Waals surface area (Å²) in [5, 5.41) is 7.26. The zero-order valence-corrected chi connectivity index (χ0v) is 16.2. The second-order valence-electron chi connectivity index (χ2n) is 7.72.